The molecule has 0 fully saturated rings. The van der Waals surface area contributed by atoms with Gasteiger partial charge in [0.15, 0.2) is 11.0 Å². The van der Waals surface area contributed by atoms with E-state index in [0.29, 0.717) is 6.61 Å². The van der Waals surface area contributed by atoms with Gasteiger partial charge in [0.25, 0.3) is 0 Å². The van der Waals surface area contributed by atoms with E-state index >= 15 is 0 Å². The number of rotatable bonds is 7. The largest absolute Gasteiger partial charge is 0.497 e. The fourth-order valence-corrected chi connectivity index (χ4v) is 3.25. The number of nitrogens with zero attached hydrogens (tertiary/aromatic N) is 3. The molecule has 25 heavy (non-hydrogen) atoms. The number of methoxy groups -OCH3 is 1. The van der Waals surface area contributed by atoms with E-state index in [4.69, 9.17) is 9.47 Å². The summed E-state index contributed by atoms with van der Waals surface area (Å²) in [4.78, 5) is 0. The quantitative estimate of drug-likeness (QED) is 0.418. The Bertz CT molecular complexity index is 819. The summed E-state index contributed by atoms with van der Waals surface area (Å²) in [7, 11) is 3.62. The van der Waals surface area contributed by atoms with Crippen molar-refractivity contribution in [3.63, 3.8) is 0 Å². The van der Waals surface area contributed by atoms with Gasteiger partial charge in [-0.1, -0.05) is 27.7 Å². The van der Waals surface area contributed by atoms with Crippen molar-refractivity contribution < 1.29 is 9.47 Å². The standard InChI is InChI=1S/C18H18BrN3O2S/c1-22-17(13-3-7-15(23-2)8-4-13)20-21-18(22)25-12-11-24-16-9-5-14(19)6-10-16/h3-10H,11-12H2,1-2H3. The summed E-state index contributed by atoms with van der Waals surface area (Å²) in [5.41, 5.74) is 1.01. The third-order valence-electron chi connectivity index (χ3n) is 3.58. The fourth-order valence-electron chi connectivity index (χ4n) is 2.26. The summed E-state index contributed by atoms with van der Waals surface area (Å²) in [6.07, 6.45) is 0. The molecule has 7 heteroatoms. The van der Waals surface area contributed by atoms with Crippen LogP contribution < -0.4 is 9.47 Å². The number of thioether (sulfide) groups is 1. The Labute approximate surface area is 159 Å². The molecule has 0 radical (unpaired) electrons. The molecule has 0 aliphatic carbocycles. The summed E-state index contributed by atoms with van der Waals surface area (Å²) in [6.45, 7) is 0.608. The van der Waals surface area contributed by atoms with E-state index in [1.54, 1.807) is 18.9 Å². The average molecular weight is 420 g/mol. The van der Waals surface area contributed by atoms with Crippen molar-refractivity contribution in [2.45, 2.75) is 5.16 Å². The molecule has 3 rings (SSSR count). The molecule has 1 heterocycles. The van der Waals surface area contributed by atoms with E-state index in [1.165, 1.54) is 0 Å². The minimum Gasteiger partial charge on any atom is -0.497 e. The minimum absolute atomic E-state index is 0.608. The SMILES string of the molecule is COc1ccc(-c2nnc(SCCOc3ccc(Br)cc3)n2C)cc1. The van der Waals surface area contributed by atoms with Crippen LogP contribution in [0.2, 0.25) is 0 Å². The summed E-state index contributed by atoms with van der Waals surface area (Å²) >= 11 is 5.03. The molecule has 0 unspecified atom stereocenters. The van der Waals surface area contributed by atoms with Crippen molar-refractivity contribution in [3.05, 3.63) is 53.0 Å². The minimum atomic E-state index is 0.608. The van der Waals surface area contributed by atoms with Crippen molar-refractivity contribution in [2.24, 2.45) is 7.05 Å². The lowest BCUT2D eigenvalue weighted by Crippen LogP contribution is -2.02. The summed E-state index contributed by atoms with van der Waals surface area (Å²) in [6, 6.07) is 15.6. The third-order valence-corrected chi connectivity index (χ3v) is 5.09. The van der Waals surface area contributed by atoms with Crippen LogP contribution in [0.25, 0.3) is 11.4 Å². The molecule has 0 atom stereocenters. The lowest BCUT2D eigenvalue weighted by molar-refractivity contribution is 0.344. The third kappa shape index (κ3) is 4.55. The zero-order valence-corrected chi connectivity index (χ0v) is 16.4. The number of halogens is 1. The molecule has 0 N–H and O–H groups in total. The average Bonchev–Trinajstić information content (AvgIpc) is 3.01. The van der Waals surface area contributed by atoms with E-state index in [2.05, 4.69) is 26.1 Å². The Balaban J connectivity index is 1.56. The highest BCUT2D eigenvalue weighted by Crippen LogP contribution is 2.24. The molecule has 130 valence electrons. The highest BCUT2D eigenvalue weighted by atomic mass is 79.9. The Hall–Kier alpha value is -1.99. The smallest absolute Gasteiger partial charge is 0.191 e. The molecule has 2 aromatic carbocycles. The predicted molar refractivity (Wildman–Crippen MR) is 103 cm³/mol. The van der Waals surface area contributed by atoms with Gasteiger partial charge in [0.2, 0.25) is 0 Å². The maximum Gasteiger partial charge on any atom is 0.191 e. The molecular weight excluding hydrogens is 402 g/mol. The van der Waals surface area contributed by atoms with Crippen molar-refractivity contribution in [1.82, 2.24) is 14.8 Å². The fraction of sp³-hybridized carbons (Fsp3) is 0.222. The zero-order chi connectivity index (χ0) is 17.6. The van der Waals surface area contributed by atoms with Crippen molar-refractivity contribution in [1.29, 1.82) is 0 Å². The Kier molecular flexibility index (Phi) is 5.99. The monoisotopic (exact) mass is 419 g/mol. The van der Waals surface area contributed by atoms with Gasteiger partial charge in [0, 0.05) is 22.8 Å². The van der Waals surface area contributed by atoms with E-state index < -0.39 is 0 Å². The van der Waals surface area contributed by atoms with Crippen LogP contribution in [0.5, 0.6) is 11.5 Å². The molecule has 0 aliphatic rings. The van der Waals surface area contributed by atoms with Crippen LogP contribution in [0.4, 0.5) is 0 Å². The van der Waals surface area contributed by atoms with Crippen molar-refractivity contribution in [3.8, 4) is 22.9 Å². The van der Waals surface area contributed by atoms with E-state index in [9.17, 15) is 0 Å². The van der Waals surface area contributed by atoms with Crippen molar-refractivity contribution in [2.75, 3.05) is 19.5 Å². The van der Waals surface area contributed by atoms with Gasteiger partial charge in [-0.3, -0.25) is 0 Å². The van der Waals surface area contributed by atoms with Gasteiger partial charge >= 0.3 is 0 Å². The first-order chi connectivity index (χ1) is 12.2. The first-order valence-corrected chi connectivity index (χ1v) is 9.50. The summed E-state index contributed by atoms with van der Waals surface area (Å²) < 4.78 is 13.9. The summed E-state index contributed by atoms with van der Waals surface area (Å²) in [5.74, 6) is 3.32. The number of hydrogen-bond acceptors (Lipinski definition) is 5. The topological polar surface area (TPSA) is 49.2 Å². The lowest BCUT2D eigenvalue weighted by Gasteiger charge is -2.07. The molecular formula is C18H18BrN3O2S. The molecule has 5 nitrogen and oxygen atoms in total. The molecule has 0 bridgehead atoms. The molecule has 0 saturated heterocycles. The number of benzene rings is 2. The van der Waals surface area contributed by atoms with E-state index in [0.717, 1.165) is 38.3 Å². The second kappa shape index (κ2) is 8.40. The Morgan fingerprint density at radius 3 is 2.36 bits per heavy atom. The molecule has 0 aliphatic heterocycles. The van der Waals surface area contributed by atoms with Gasteiger partial charge < -0.3 is 14.0 Å². The maximum atomic E-state index is 5.73. The molecule has 3 aromatic rings. The van der Waals surface area contributed by atoms with Gasteiger partial charge in [-0.2, -0.15) is 0 Å². The van der Waals surface area contributed by atoms with Crippen LogP contribution in [-0.4, -0.2) is 34.2 Å². The lowest BCUT2D eigenvalue weighted by atomic mass is 10.2. The number of ether oxygens (including phenoxy) is 2. The van der Waals surface area contributed by atoms with Crippen LogP contribution >= 0.6 is 27.7 Å². The highest BCUT2D eigenvalue weighted by molar-refractivity contribution is 9.10. The van der Waals surface area contributed by atoms with Gasteiger partial charge in [0.05, 0.1) is 13.7 Å². The molecule has 0 amide bonds. The van der Waals surface area contributed by atoms with Gasteiger partial charge in [0.1, 0.15) is 11.5 Å². The van der Waals surface area contributed by atoms with Crippen molar-refractivity contribution >= 4 is 27.7 Å². The normalized spacial score (nSPS) is 10.7. The highest BCUT2D eigenvalue weighted by Gasteiger charge is 2.11. The Morgan fingerprint density at radius 2 is 1.68 bits per heavy atom. The predicted octanol–water partition coefficient (Wildman–Crippen LogP) is 4.42. The van der Waals surface area contributed by atoms with Crippen LogP contribution in [0.15, 0.2) is 58.2 Å². The van der Waals surface area contributed by atoms with Gasteiger partial charge in [-0.15, -0.1) is 10.2 Å². The van der Waals surface area contributed by atoms with E-state index in [1.807, 2.05) is 60.1 Å². The van der Waals surface area contributed by atoms with Crippen LogP contribution in [0.1, 0.15) is 0 Å². The Morgan fingerprint density at radius 1 is 1.00 bits per heavy atom. The molecule has 0 saturated carbocycles. The maximum absolute atomic E-state index is 5.73. The first kappa shape index (κ1) is 17.8. The van der Waals surface area contributed by atoms with Gasteiger partial charge in [-0.05, 0) is 48.5 Å². The number of hydrogen-bond donors (Lipinski definition) is 0. The number of aromatic nitrogens is 3. The second-order valence-electron chi connectivity index (χ2n) is 5.24. The van der Waals surface area contributed by atoms with Crippen LogP contribution in [0.3, 0.4) is 0 Å². The van der Waals surface area contributed by atoms with E-state index in [-0.39, 0.29) is 0 Å². The first-order valence-electron chi connectivity index (χ1n) is 7.72. The molecule has 1 aromatic heterocycles. The van der Waals surface area contributed by atoms with Crippen LogP contribution in [-0.2, 0) is 7.05 Å². The van der Waals surface area contributed by atoms with Gasteiger partial charge in [-0.25, -0.2) is 0 Å². The molecule has 0 spiro atoms. The second-order valence-corrected chi connectivity index (χ2v) is 7.22. The van der Waals surface area contributed by atoms with Crippen LogP contribution in [0, 0.1) is 0 Å². The summed E-state index contributed by atoms with van der Waals surface area (Å²) in [5, 5.41) is 9.43. The zero-order valence-electron chi connectivity index (χ0n) is 14.0.